The highest BCUT2D eigenvalue weighted by molar-refractivity contribution is 9.09. The molecule has 2 rings (SSSR count). The van der Waals surface area contributed by atoms with E-state index in [4.69, 9.17) is 9.47 Å². The Labute approximate surface area is 167 Å². The third-order valence-electron chi connectivity index (χ3n) is 4.67. The second kappa shape index (κ2) is 12.2. The van der Waals surface area contributed by atoms with Crippen LogP contribution in [-0.4, -0.2) is 18.5 Å². The van der Waals surface area contributed by atoms with Gasteiger partial charge in [0, 0.05) is 10.9 Å². The maximum Gasteiger partial charge on any atom is 0.123 e. The van der Waals surface area contributed by atoms with Gasteiger partial charge in [0.15, 0.2) is 0 Å². The molecule has 0 atom stereocenters. The van der Waals surface area contributed by atoms with Crippen LogP contribution in [-0.2, 0) is 6.42 Å². The Morgan fingerprint density at radius 1 is 0.808 bits per heavy atom. The number of halogens is 1. The standard InChI is InChI=1S/C23H33BrO2/c1-3-16-25-20-12-13-22-19(18-20)11-14-23(21(22)4-2)26-17-10-8-6-5-7-9-15-24/h11-14,18H,3-10,15-17H2,1-2H3. The number of benzene rings is 2. The Morgan fingerprint density at radius 3 is 2.31 bits per heavy atom. The van der Waals surface area contributed by atoms with E-state index in [0.29, 0.717) is 0 Å². The number of aryl methyl sites for hydroxylation is 1. The molecule has 0 saturated heterocycles. The third-order valence-corrected chi connectivity index (χ3v) is 5.23. The number of rotatable bonds is 13. The molecule has 0 spiro atoms. The normalized spacial score (nSPS) is 11.0. The summed E-state index contributed by atoms with van der Waals surface area (Å²) in [6, 6.07) is 10.7. The number of unbranched alkanes of at least 4 members (excludes halogenated alkanes) is 5. The predicted molar refractivity (Wildman–Crippen MR) is 116 cm³/mol. The van der Waals surface area contributed by atoms with Crippen molar-refractivity contribution in [3.63, 3.8) is 0 Å². The first-order valence-corrected chi connectivity index (χ1v) is 11.3. The third kappa shape index (κ3) is 6.50. The molecule has 0 aromatic heterocycles. The summed E-state index contributed by atoms with van der Waals surface area (Å²) in [7, 11) is 0. The van der Waals surface area contributed by atoms with Crippen molar-refractivity contribution >= 4 is 26.7 Å². The van der Waals surface area contributed by atoms with Gasteiger partial charge >= 0.3 is 0 Å². The minimum atomic E-state index is 0.767. The fraction of sp³-hybridized carbons (Fsp3) is 0.565. The molecule has 0 aliphatic heterocycles. The van der Waals surface area contributed by atoms with E-state index in [1.54, 1.807) is 0 Å². The van der Waals surface area contributed by atoms with Gasteiger partial charge in [0.1, 0.15) is 11.5 Å². The number of hydrogen-bond donors (Lipinski definition) is 0. The molecule has 2 nitrogen and oxygen atoms in total. The van der Waals surface area contributed by atoms with Crippen molar-refractivity contribution in [2.45, 2.75) is 65.2 Å². The number of hydrogen-bond acceptors (Lipinski definition) is 2. The maximum absolute atomic E-state index is 6.12. The molecule has 26 heavy (non-hydrogen) atoms. The van der Waals surface area contributed by atoms with E-state index in [0.717, 1.165) is 49.3 Å². The lowest BCUT2D eigenvalue weighted by molar-refractivity contribution is 0.302. The van der Waals surface area contributed by atoms with Gasteiger partial charge in [0.05, 0.1) is 13.2 Å². The zero-order chi connectivity index (χ0) is 18.6. The van der Waals surface area contributed by atoms with Crippen LogP contribution >= 0.6 is 15.9 Å². The summed E-state index contributed by atoms with van der Waals surface area (Å²) >= 11 is 3.49. The molecule has 0 amide bonds. The lowest BCUT2D eigenvalue weighted by Gasteiger charge is -2.14. The van der Waals surface area contributed by atoms with Gasteiger partial charge in [0.25, 0.3) is 0 Å². The Morgan fingerprint density at radius 2 is 1.58 bits per heavy atom. The van der Waals surface area contributed by atoms with E-state index in [1.165, 1.54) is 48.4 Å². The van der Waals surface area contributed by atoms with E-state index in [1.807, 2.05) is 0 Å². The number of fused-ring (bicyclic) bond motifs is 1. The van der Waals surface area contributed by atoms with Gasteiger partial charge < -0.3 is 9.47 Å². The van der Waals surface area contributed by atoms with Gasteiger partial charge in [-0.25, -0.2) is 0 Å². The summed E-state index contributed by atoms with van der Waals surface area (Å²) in [6.45, 7) is 5.91. The van der Waals surface area contributed by atoms with Crippen molar-refractivity contribution in [1.29, 1.82) is 0 Å². The summed E-state index contributed by atoms with van der Waals surface area (Å²) in [5.41, 5.74) is 1.31. The second-order valence-electron chi connectivity index (χ2n) is 6.79. The number of alkyl halides is 1. The van der Waals surface area contributed by atoms with Crippen molar-refractivity contribution < 1.29 is 9.47 Å². The Kier molecular flexibility index (Phi) is 9.91. The molecule has 0 radical (unpaired) electrons. The highest BCUT2D eigenvalue weighted by Crippen LogP contribution is 2.31. The average Bonchev–Trinajstić information content (AvgIpc) is 2.67. The summed E-state index contributed by atoms with van der Waals surface area (Å²) < 4.78 is 11.9. The van der Waals surface area contributed by atoms with E-state index in [2.05, 4.69) is 60.1 Å². The SMILES string of the molecule is CCCOc1ccc2c(CC)c(OCCCCCCCCBr)ccc2c1. The molecule has 0 fully saturated rings. The first kappa shape index (κ1) is 21.1. The second-order valence-corrected chi connectivity index (χ2v) is 7.58. The van der Waals surface area contributed by atoms with E-state index in [9.17, 15) is 0 Å². The maximum atomic E-state index is 6.12. The zero-order valence-electron chi connectivity index (χ0n) is 16.4. The van der Waals surface area contributed by atoms with Crippen LogP contribution in [0.4, 0.5) is 0 Å². The molecule has 0 aliphatic carbocycles. The highest BCUT2D eigenvalue weighted by atomic mass is 79.9. The lowest BCUT2D eigenvalue weighted by Crippen LogP contribution is -2.01. The van der Waals surface area contributed by atoms with Crippen molar-refractivity contribution in [3.05, 3.63) is 35.9 Å². The van der Waals surface area contributed by atoms with Gasteiger partial charge in [-0.3, -0.25) is 0 Å². The summed E-state index contributed by atoms with van der Waals surface area (Å²) in [5.74, 6) is 2.00. The summed E-state index contributed by atoms with van der Waals surface area (Å²) in [5, 5.41) is 3.64. The van der Waals surface area contributed by atoms with Crippen LogP contribution in [0, 0.1) is 0 Å². The van der Waals surface area contributed by atoms with Crippen LogP contribution in [0.2, 0.25) is 0 Å². The lowest BCUT2D eigenvalue weighted by atomic mass is 10.0. The predicted octanol–water partition coefficient (Wildman–Crippen LogP) is 7.31. The largest absolute Gasteiger partial charge is 0.494 e. The van der Waals surface area contributed by atoms with Crippen molar-refractivity contribution in [1.82, 2.24) is 0 Å². The molecule has 0 unspecified atom stereocenters. The highest BCUT2D eigenvalue weighted by Gasteiger charge is 2.08. The topological polar surface area (TPSA) is 18.5 Å². The first-order valence-electron chi connectivity index (χ1n) is 10.2. The smallest absolute Gasteiger partial charge is 0.123 e. The van der Waals surface area contributed by atoms with Gasteiger partial charge in [-0.15, -0.1) is 0 Å². The Bertz CT molecular complexity index is 654. The molecule has 144 valence electrons. The van der Waals surface area contributed by atoms with Gasteiger partial charge in [-0.2, -0.15) is 0 Å². The monoisotopic (exact) mass is 420 g/mol. The van der Waals surface area contributed by atoms with Crippen molar-refractivity contribution in [3.8, 4) is 11.5 Å². The average molecular weight is 421 g/mol. The molecule has 3 heteroatoms. The van der Waals surface area contributed by atoms with Crippen LogP contribution < -0.4 is 9.47 Å². The van der Waals surface area contributed by atoms with Crippen molar-refractivity contribution in [2.75, 3.05) is 18.5 Å². The number of ether oxygens (including phenoxy) is 2. The summed E-state index contributed by atoms with van der Waals surface area (Å²) in [6.07, 6.45) is 9.68. The van der Waals surface area contributed by atoms with Crippen LogP contribution in [0.3, 0.4) is 0 Å². The Hall–Kier alpha value is -1.22. The quantitative estimate of drug-likeness (QED) is 0.249. The van der Waals surface area contributed by atoms with Crippen molar-refractivity contribution in [2.24, 2.45) is 0 Å². The van der Waals surface area contributed by atoms with Crippen LogP contribution in [0.5, 0.6) is 11.5 Å². The molecule has 0 aliphatic rings. The fourth-order valence-corrected chi connectivity index (χ4v) is 3.64. The van der Waals surface area contributed by atoms with Crippen LogP contribution in [0.25, 0.3) is 10.8 Å². The van der Waals surface area contributed by atoms with Gasteiger partial charge in [-0.05, 0) is 54.7 Å². The van der Waals surface area contributed by atoms with E-state index >= 15 is 0 Å². The van der Waals surface area contributed by atoms with E-state index < -0.39 is 0 Å². The molecule has 0 N–H and O–H groups in total. The molecular weight excluding hydrogens is 388 g/mol. The minimum absolute atomic E-state index is 0.767. The van der Waals surface area contributed by atoms with Crippen LogP contribution in [0.15, 0.2) is 30.3 Å². The van der Waals surface area contributed by atoms with Crippen LogP contribution in [0.1, 0.15) is 64.4 Å². The van der Waals surface area contributed by atoms with E-state index in [-0.39, 0.29) is 0 Å². The Balaban J connectivity index is 1.91. The van der Waals surface area contributed by atoms with Gasteiger partial charge in [0.2, 0.25) is 0 Å². The molecule has 0 bridgehead atoms. The molecule has 2 aromatic rings. The molecule has 0 saturated carbocycles. The van der Waals surface area contributed by atoms with Gasteiger partial charge in [-0.1, -0.05) is 67.6 Å². The molecule has 0 heterocycles. The fourth-order valence-electron chi connectivity index (χ4n) is 3.25. The molecule has 2 aromatic carbocycles. The zero-order valence-corrected chi connectivity index (χ0v) is 17.9. The molecular formula is C23H33BrO2. The minimum Gasteiger partial charge on any atom is -0.494 e. The first-order chi connectivity index (χ1) is 12.8. The summed E-state index contributed by atoms with van der Waals surface area (Å²) in [4.78, 5) is 0.